The molecule has 0 aliphatic heterocycles. The van der Waals surface area contributed by atoms with E-state index in [9.17, 15) is 4.79 Å². The lowest BCUT2D eigenvalue weighted by Gasteiger charge is -2.25. The van der Waals surface area contributed by atoms with Crippen molar-refractivity contribution in [2.24, 2.45) is 0 Å². The Morgan fingerprint density at radius 2 is 2.06 bits per heavy atom. The van der Waals surface area contributed by atoms with Crippen LogP contribution in [-0.4, -0.2) is 17.9 Å². The lowest BCUT2D eigenvalue weighted by atomic mass is 10.0. The van der Waals surface area contributed by atoms with Gasteiger partial charge in [0, 0.05) is 10.6 Å². The van der Waals surface area contributed by atoms with Gasteiger partial charge in [-0.05, 0) is 44.9 Å². The van der Waals surface area contributed by atoms with Crippen molar-refractivity contribution in [1.82, 2.24) is 5.32 Å². The summed E-state index contributed by atoms with van der Waals surface area (Å²) in [6, 6.07) is 7.43. The van der Waals surface area contributed by atoms with Gasteiger partial charge in [-0.3, -0.25) is 0 Å². The topological polar surface area (TPSA) is 29.1 Å². The Morgan fingerprint density at radius 3 is 2.53 bits per heavy atom. The van der Waals surface area contributed by atoms with Crippen molar-refractivity contribution < 1.29 is 4.79 Å². The van der Waals surface area contributed by atoms with Gasteiger partial charge in [0.15, 0.2) is 0 Å². The van der Waals surface area contributed by atoms with Crippen LogP contribution in [-0.2, 0) is 11.2 Å². The molecule has 0 aliphatic carbocycles. The molecule has 0 aromatic heterocycles. The molecule has 0 amide bonds. The van der Waals surface area contributed by atoms with Gasteiger partial charge in [-0.2, -0.15) is 0 Å². The fourth-order valence-electron chi connectivity index (χ4n) is 1.61. The van der Waals surface area contributed by atoms with Crippen molar-refractivity contribution in [1.29, 1.82) is 0 Å². The minimum absolute atomic E-state index is 0. The maximum absolute atomic E-state index is 11.0. The van der Waals surface area contributed by atoms with Crippen molar-refractivity contribution in [2.75, 3.05) is 0 Å². The second-order valence-corrected chi connectivity index (χ2v) is 5.41. The van der Waals surface area contributed by atoms with Gasteiger partial charge in [0.2, 0.25) is 0 Å². The number of hydrogen-bond acceptors (Lipinski definition) is 2. The molecular weight excluding hydrogens is 257 g/mol. The SMILES string of the molecule is CC(C)(C)N[C@H](C=O)Cc1cccc(Cl)c1.Cl. The number of hydrogen-bond donors (Lipinski definition) is 1. The standard InChI is InChI=1S/C13H18ClNO.ClH/c1-13(2,3)15-12(9-16)8-10-5-4-6-11(14)7-10;/h4-7,9,12,15H,8H2,1-3H3;1H/t12-;/m0./s1. The van der Waals surface area contributed by atoms with Crippen LogP contribution in [0.5, 0.6) is 0 Å². The fraction of sp³-hybridized carbons (Fsp3) is 0.462. The molecule has 0 unspecified atom stereocenters. The summed E-state index contributed by atoms with van der Waals surface area (Å²) in [7, 11) is 0. The number of nitrogens with one attached hydrogen (secondary N) is 1. The number of carbonyl (C=O) groups is 1. The summed E-state index contributed by atoms with van der Waals surface area (Å²) in [4.78, 5) is 11.0. The Labute approximate surface area is 114 Å². The Morgan fingerprint density at radius 1 is 1.41 bits per heavy atom. The van der Waals surface area contributed by atoms with E-state index in [-0.39, 0.29) is 24.0 Å². The molecule has 0 fully saturated rings. The second kappa shape index (κ2) is 7.00. The lowest BCUT2D eigenvalue weighted by Crippen LogP contribution is -2.45. The van der Waals surface area contributed by atoms with E-state index in [0.29, 0.717) is 11.4 Å². The van der Waals surface area contributed by atoms with Crippen LogP contribution in [0.3, 0.4) is 0 Å². The Kier molecular flexibility index (Phi) is 6.76. The third-order valence-corrected chi connectivity index (χ3v) is 2.36. The summed E-state index contributed by atoms with van der Waals surface area (Å²) < 4.78 is 0. The van der Waals surface area contributed by atoms with Gasteiger partial charge in [0.05, 0.1) is 6.04 Å². The Hall–Kier alpha value is -0.570. The summed E-state index contributed by atoms with van der Waals surface area (Å²) in [5.74, 6) is 0. The third-order valence-electron chi connectivity index (χ3n) is 2.13. The molecule has 1 aromatic carbocycles. The molecular formula is C13H19Cl2NO. The quantitative estimate of drug-likeness (QED) is 0.855. The molecule has 0 bridgehead atoms. The van der Waals surface area contributed by atoms with Gasteiger partial charge in [-0.15, -0.1) is 12.4 Å². The smallest absolute Gasteiger partial charge is 0.137 e. The summed E-state index contributed by atoms with van der Waals surface area (Å²) in [5, 5.41) is 3.97. The highest BCUT2D eigenvalue weighted by Gasteiger charge is 2.16. The predicted octanol–water partition coefficient (Wildman–Crippen LogP) is 3.26. The van der Waals surface area contributed by atoms with Gasteiger partial charge >= 0.3 is 0 Å². The van der Waals surface area contributed by atoms with Crippen molar-refractivity contribution in [2.45, 2.75) is 38.8 Å². The monoisotopic (exact) mass is 275 g/mol. The molecule has 0 heterocycles. The molecule has 0 saturated carbocycles. The van der Waals surface area contributed by atoms with Crippen LogP contribution in [0.2, 0.25) is 5.02 Å². The molecule has 4 heteroatoms. The van der Waals surface area contributed by atoms with Gasteiger partial charge < -0.3 is 10.1 Å². The maximum Gasteiger partial charge on any atom is 0.137 e. The zero-order chi connectivity index (χ0) is 12.2. The summed E-state index contributed by atoms with van der Waals surface area (Å²) in [6.07, 6.45) is 1.62. The van der Waals surface area contributed by atoms with Crippen molar-refractivity contribution >= 4 is 30.3 Å². The van der Waals surface area contributed by atoms with E-state index in [4.69, 9.17) is 11.6 Å². The average Bonchev–Trinajstić information content (AvgIpc) is 2.14. The summed E-state index contributed by atoms with van der Waals surface area (Å²) in [5.41, 5.74) is 1.01. The van der Waals surface area contributed by atoms with Crippen LogP contribution < -0.4 is 5.32 Å². The van der Waals surface area contributed by atoms with E-state index in [0.717, 1.165) is 11.8 Å². The predicted molar refractivity (Wildman–Crippen MR) is 75.1 cm³/mol. The highest BCUT2D eigenvalue weighted by atomic mass is 35.5. The molecule has 96 valence electrons. The van der Waals surface area contributed by atoms with Crippen LogP contribution in [0.15, 0.2) is 24.3 Å². The number of rotatable bonds is 4. The summed E-state index contributed by atoms with van der Waals surface area (Å²) in [6.45, 7) is 6.13. The summed E-state index contributed by atoms with van der Waals surface area (Å²) >= 11 is 5.90. The first-order valence-corrected chi connectivity index (χ1v) is 5.76. The molecule has 0 spiro atoms. The number of aldehydes is 1. The lowest BCUT2D eigenvalue weighted by molar-refractivity contribution is -0.110. The van der Waals surface area contributed by atoms with Crippen molar-refractivity contribution in [3.63, 3.8) is 0 Å². The van der Waals surface area contributed by atoms with E-state index in [2.05, 4.69) is 5.32 Å². The number of benzene rings is 1. The van der Waals surface area contributed by atoms with E-state index >= 15 is 0 Å². The van der Waals surface area contributed by atoms with Gasteiger partial charge in [0.25, 0.3) is 0 Å². The normalized spacial score (nSPS) is 12.7. The molecule has 0 saturated heterocycles. The minimum Gasteiger partial charge on any atom is -0.303 e. The van der Waals surface area contributed by atoms with Crippen molar-refractivity contribution in [3.05, 3.63) is 34.9 Å². The zero-order valence-electron chi connectivity index (χ0n) is 10.4. The fourth-order valence-corrected chi connectivity index (χ4v) is 1.82. The first-order valence-electron chi connectivity index (χ1n) is 5.38. The van der Waals surface area contributed by atoms with E-state index in [1.165, 1.54) is 0 Å². The highest BCUT2D eigenvalue weighted by Crippen LogP contribution is 2.13. The van der Waals surface area contributed by atoms with Crippen LogP contribution in [0.1, 0.15) is 26.3 Å². The van der Waals surface area contributed by atoms with Crippen molar-refractivity contribution in [3.8, 4) is 0 Å². The van der Waals surface area contributed by atoms with E-state index < -0.39 is 0 Å². The molecule has 1 atom stereocenters. The first-order chi connectivity index (χ1) is 7.40. The largest absolute Gasteiger partial charge is 0.303 e. The number of halogens is 2. The van der Waals surface area contributed by atoms with Crippen LogP contribution in [0.4, 0.5) is 0 Å². The van der Waals surface area contributed by atoms with E-state index in [1.54, 1.807) is 0 Å². The average molecular weight is 276 g/mol. The second-order valence-electron chi connectivity index (χ2n) is 4.97. The first kappa shape index (κ1) is 16.4. The number of carbonyl (C=O) groups excluding carboxylic acids is 1. The van der Waals surface area contributed by atoms with Gasteiger partial charge in [-0.25, -0.2) is 0 Å². The molecule has 0 aliphatic rings. The highest BCUT2D eigenvalue weighted by molar-refractivity contribution is 6.30. The van der Waals surface area contributed by atoms with Crippen LogP contribution in [0, 0.1) is 0 Å². The molecule has 1 N–H and O–H groups in total. The van der Waals surface area contributed by atoms with Gasteiger partial charge in [0.1, 0.15) is 6.29 Å². The van der Waals surface area contributed by atoms with Crippen LogP contribution >= 0.6 is 24.0 Å². The Balaban J connectivity index is 0.00000256. The maximum atomic E-state index is 11.0. The zero-order valence-corrected chi connectivity index (χ0v) is 11.9. The minimum atomic E-state index is -0.168. The third kappa shape index (κ3) is 6.67. The molecule has 1 aromatic rings. The van der Waals surface area contributed by atoms with E-state index in [1.807, 2.05) is 45.0 Å². The van der Waals surface area contributed by atoms with Gasteiger partial charge in [-0.1, -0.05) is 23.7 Å². The molecule has 0 radical (unpaired) electrons. The molecule has 2 nitrogen and oxygen atoms in total. The molecule has 17 heavy (non-hydrogen) atoms. The van der Waals surface area contributed by atoms with Crippen LogP contribution in [0.25, 0.3) is 0 Å². The molecule has 1 rings (SSSR count). The Bertz CT molecular complexity index is 361.